The summed E-state index contributed by atoms with van der Waals surface area (Å²) >= 11 is 0. The first kappa shape index (κ1) is 32.8. The van der Waals surface area contributed by atoms with Crippen molar-refractivity contribution in [1.29, 1.82) is 0 Å². The summed E-state index contributed by atoms with van der Waals surface area (Å²) < 4.78 is 34.1. The molecule has 0 heterocycles. The van der Waals surface area contributed by atoms with Crippen molar-refractivity contribution in [3.05, 3.63) is 41.5 Å². The van der Waals surface area contributed by atoms with Crippen LogP contribution in [0.4, 0.5) is 0 Å². The van der Waals surface area contributed by atoms with Crippen LogP contribution in [0.1, 0.15) is 153 Å². The molecule has 0 aliphatic rings. The second kappa shape index (κ2) is 19.6. The number of benzene rings is 2. The van der Waals surface area contributed by atoms with Gasteiger partial charge >= 0.3 is 0 Å². The van der Waals surface area contributed by atoms with Crippen LogP contribution >= 0.6 is 0 Å². The normalized spacial score (nSPS) is 12.0. The molecule has 0 aliphatic carbocycles. The molecule has 0 atom stereocenters. The summed E-state index contributed by atoms with van der Waals surface area (Å²) in [7, 11) is -4.23. The lowest BCUT2D eigenvalue weighted by Gasteiger charge is -2.11. The number of aryl methyl sites for hydroxylation is 2. The van der Waals surface area contributed by atoms with Gasteiger partial charge in [0.15, 0.2) is 0 Å². The summed E-state index contributed by atoms with van der Waals surface area (Å²) in [6, 6.07) is 10.0. The lowest BCUT2D eigenvalue weighted by Crippen LogP contribution is -2.04. The Kier molecular flexibility index (Phi) is 17.0. The van der Waals surface area contributed by atoms with Gasteiger partial charge in [0.2, 0.25) is 0 Å². The Morgan fingerprint density at radius 1 is 0.526 bits per heavy atom. The van der Waals surface area contributed by atoms with Crippen LogP contribution in [-0.4, -0.2) is 13.0 Å². The van der Waals surface area contributed by atoms with Crippen molar-refractivity contribution in [3.63, 3.8) is 0 Å². The van der Waals surface area contributed by atoms with Crippen LogP contribution in [0, 0.1) is 0 Å². The van der Waals surface area contributed by atoms with Crippen LogP contribution in [0.15, 0.2) is 35.2 Å². The maximum Gasteiger partial charge on any atom is 0.294 e. The molecule has 0 unspecified atom stereocenters. The van der Waals surface area contributed by atoms with E-state index in [2.05, 4.69) is 26.0 Å². The highest BCUT2D eigenvalue weighted by Gasteiger charge is 2.16. The van der Waals surface area contributed by atoms with E-state index in [0.717, 1.165) is 35.6 Å². The molecule has 4 heteroatoms. The molecule has 38 heavy (non-hydrogen) atoms. The number of fused-ring (bicyclic) bond motifs is 1. The van der Waals surface area contributed by atoms with Gasteiger partial charge in [-0.05, 0) is 59.7 Å². The van der Waals surface area contributed by atoms with E-state index in [1.807, 2.05) is 12.1 Å². The second-order valence-electron chi connectivity index (χ2n) is 11.5. The largest absolute Gasteiger partial charge is 0.294 e. The summed E-state index contributed by atoms with van der Waals surface area (Å²) in [5.41, 5.74) is 2.08. The predicted molar refractivity (Wildman–Crippen MR) is 165 cm³/mol. The molecule has 1 N–H and O–H groups in total. The lowest BCUT2D eigenvalue weighted by molar-refractivity contribution is 0.481. The minimum absolute atomic E-state index is 0.0865. The van der Waals surface area contributed by atoms with Crippen molar-refractivity contribution >= 4 is 20.9 Å². The Morgan fingerprint density at radius 2 is 0.974 bits per heavy atom. The van der Waals surface area contributed by atoms with Crippen molar-refractivity contribution in [2.24, 2.45) is 0 Å². The van der Waals surface area contributed by atoms with Crippen LogP contribution in [-0.2, 0) is 23.0 Å². The van der Waals surface area contributed by atoms with Crippen molar-refractivity contribution in [2.75, 3.05) is 0 Å². The molecular weight excluding hydrogens is 488 g/mol. The van der Waals surface area contributed by atoms with E-state index in [4.69, 9.17) is 0 Å². The van der Waals surface area contributed by atoms with Gasteiger partial charge in [0.05, 0.1) is 4.90 Å². The Hall–Kier alpha value is -1.39. The fraction of sp³-hybridized carbons (Fsp3) is 0.706. The van der Waals surface area contributed by atoms with Crippen LogP contribution < -0.4 is 0 Å². The standard InChI is InChI=1S/C34H56O3S/c1-3-5-7-9-11-13-15-17-19-21-23-30-25-26-31-29-34(38(35,36)37)32(28-33(31)27-30)24-22-20-18-16-14-12-10-8-6-4-2/h25-29H,3-24H2,1-2H3,(H,35,36,37). The molecular formula is C34H56O3S. The molecule has 2 aromatic rings. The third-order valence-electron chi connectivity index (χ3n) is 7.98. The van der Waals surface area contributed by atoms with Crippen LogP contribution in [0.5, 0.6) is 0 Å². The van der Waals surface area contributed by atoms with E-state index in [1.54, 1.807) is 6.07 Å². The molecule has 2 aromatic carbocycles. The molecule has 2 rings (SSSR count). The first-order valence-electron chi connectivity index (χ1n) is 16.0. The average molecular weight is 545 g/mol. The summed E-state index contributed by atoms with van der Waals surface area (Å²) in [4.78, 5) is 0.0865. The van der Waals surface area contributed by atoms with Gasteiger partial charge in [0, 0.05) is 0 Å². The quantitative estimate of drug-likeness (QED) is 0.112. The summed E-state index contributed by atoms with van der Waals surface area (Å²) in [6.07, 6.45) is 27.7. The SMILES string of the molecule is CCCCCCCCCCCCc1ccc2cc(S(=O)(=O)O)c(CCCCCCCCCCCC)cc2c1. The zero-order chi connectivity index (χ0) is 27.5. The highest BCUT2D eigenvalue weighted by atomic mass is 32.2. The maximum absolute atomic E-state index is 12.1. The Morgan fingerprint density at radius 3 is 1.45 bits per heavy atom. The Labute approximate surface area is 235 Å². The molecule has 0 aliphatic heterocycles. The van der Waals surface area contributed by atoms with Gasteiger partial charge in [-0.3, -0.25) is 4.55 Å². The monoisotopic (exact) mass is 544 g/mol. The molecule has 0 fully saturated rings. The van der Waals surface area contributed by atoms with E-state index in [0.29, 0.717) is 6.42 Å². The van der Waals surface area contributed by atoms with E-state index in [-0.39, 0.29) is 4.90 Å². The topological polar surface area (TPSA) is 54.4 Å². The predicted octanol–water partition coefficient (Wildman–Crippen LogP) is 11.0. The van der Waals surface area contributed by atoms with Gasteiger partial charge < -0.3 is 0 Å². The molecule has 3 nitrogen and oxygen atoms in total. The van der Waals surface area contributed by atoms with E-state index in [1.165, 1.54) is 121 Å². The summed E-state index contributed by atoms with van der Waals surface area (Å²) in [6.45, 7) is 4.52. The highest BCUT2D eigenvalue weighted by molar-refractivity contribution is 7.85. The lowest BCUT2D eigenvalue weighted by atomic mass is 9.98. The first-order valence-corrected chi connectivity index (χ1v) is 17.4. The third-order valence-corrected chi connectivity index (χ3v) is 8.92. The zero-order valence-electron chi connectivity index (χ0n) is 24.6. The second-order valence-corrected chi connectivity index (χ2v) is 12.9. The van der Waals surface area contributed by atoms with Gasteiger partial charge in [-0.2, -0.15) is 8.42 Å². The fourth-order valence-electron chi connectivity index (χ4n) is 5.58. The fourth-order valence-corrected chi connectivity index (χ4v) is 6.35. The molecule has 0 spiro atoms. The van der Waals surface area contributed by atoms with E-state index < -0.39 is 10.1 Å². The van der Waals surface area contributed by atoms with Crippen molar-refractivity contribution in [1.82, 2.24) is 0 Å². The Bertz CT molecular complexity index is 996. The molecule has 216 valence electrons. The van der Waals surface area contributed by atoms with E-state index >= 15 is 0 Å². The molecule has 0 saturated heterocycles. The minimum atomic E-state index is -4.23. The highest BCUT2D eigenvalue weighted by Crippen LogP contribution is 2.27. The number of unbranched alkanes of at least 4 members (excludes halogenated alkanes) is 18. The smallest absolute Gasteiger partial charge is 0.282 e. The average Bonchev–Trinajstić information content (AvgIpc) is 2.89. The van der Waals surface area contributed by atoms with Gasteiger partial charge in [-0.1, -0.05) is 148 Å². The zero-order valence-corrected chi connectivity index (χ0v) is 25.4. The van der Waals surface area contributed by atoms with Crippen LogP contribution in [0.3, 0.4) is 0 Å². The minimum Gasteiger partial charge on any atom is -0.282 e. The third kappa shape index (κ3) is 13.6. The van der Waals surface area contributed by atoms with Gasteiger partial charge in [-0.15, -0.1) is 0 Å². The molecule has 0 saturated carbocycles. The van der Waals surface area contributed by atoms with Crippen LogP contribution in [0.25, 0.3) is 10.8 Å². The van der Waals surface area contributed by atoms with Crippen molar-refractivity contribution in [2.45, 2.75) is 160 Å². The van der Waals surface area contributed by atoms with Gasteiger partial charge in [-0.25, -0.2) is 0 Å². The molecule has 0 amide bonds. The first-order chi connectivity index (χ1) is 18.5. The Balaban J connectivity index is 1.81. The summed E-state index contributed by atoms with van der Waals surface area (Å²) in [5, 5.41) is 1.97. The number of hydrogen-bond donors (Lipinski definition) is 1. The van der Waals surface area contributed by atoms with E-state index in [9.17, 15) is 13.0 Å². The number of hydrogen-bond acceptors (Lipinski definition) is 2. The van der Waals surface area contributed by atoms with Gasteiger partial charge in [0.25, 0.3) is 10.1 Å². The molecule has 0 aromatic heterocycles. The van der Waals surface area contributed by atoms with Crippen molar-refractivity contribution < 1.29 is 13.0 Å². The number of rotatable bonds is 23. The molecule has 0 radical (unpaired) electrons. The summed E-state index contributed by atoms with van der Waals surface area (Å²) in [5.74, 6) is 0. The maximum atomic E-state index is 12.1. The van der Waals surface area contributed by atoms with Gasteiger partial charge in [0.1, 0.15) is 0 Å². The van der Waals surface area contributed by atoms with Crippen molar-refractivity contribution in [3.8, 4) is 0 Å². The molecule has 0 bridgehead atoms. The van der Waals surface area contributed by atoms with Crippen LogP contribution in [0.2, 0.25) is 0 Å².